The van der Waals surface area contributed by atoms with Crippen LogP contribution >= 0.6 is 38.5 Å². The number of methoxy groups -OCH3 is 1. The van der Waals surface area contributed by atoms with Crippen molar-refractivity contribution in [2.45, 2.75) is 0 Å². The Morgan fingerprint density at radius 1 is 1.14 bits per heavy atom. The summed E-state index contributed by atoms with van der Waals surface area (Å²) in [5.41, 5.74) is 3.41. The predicted molar refractivity (Wildman–Crippen MR) is 121 cm³/mol. The zero-order chi connectivity index (χ0) is 19.7. The Morgan fingerprint density at radius 2 is 2.00 bits per heavy atom. The summed E-state index contributed by atoms with van der Waals surface area (Å²) in [6.45, 7) is 0. The zero-order valence-corrected chi connectivity index (χ0v) is 18.4. The van der Waals surface area contributed by atoms with Crippen molar-refractivity contribution in [3.8, 4) is 17.2 Å². The van der Waals surface area contributed by atoms with E-state index in [-0.39, 0.29) is 5.91 Å². The van der Waals surface area contributed by atoms with E-state index in [0.29, 0.717) is 28.2 Å². The molecule has 0 unspecified atom stereocenters. The van der Waals surface area contributed by atoms with E-state index in [9.17, 15) is 4.79 Å². The fraction of sp³-hybridized carbons (Fsp3) is 0.0476. The van der Waals surface area contributed by atoms with Crippen LogP contribution in [-0.4, -0.2) is 18.0 Å². The van der Waals surface area contributed by atoms with Gasteiger partial charge in [0.05, 0.1) is 11.6 Å². The second-order valence-corrected chi connectivity index (χ2v) is 8.12. The molecule has 0 fully saturated rings. The number of aromatic nitrogens is 1. The zero-order valence-electron chi connectivity index (χ0n) is 14.7. The largest absolute Gasteiger partial charge is 0.496 e. The van der Waals surface area contributed by atoms with Crippen LogP contribution in [0.25, 0.3) is 22.6 Å². The summed E-state index contributed by atoms with van der Waals surface area (Å²) >= 11 is 5.65. The molecule has 5 nitrogen and oxygen atoms in total. The molecule has 0 aliphatic heterocycles. The molecule has 140 valence electrons. The fourth-order valence-electron chi connectivity index (χ4n) is 2.76. The third kappa shape index (κ3) is 3.90. The molecule has 1 heterocycles. The average Bonchev–Trinajstić information content (AvgIpc) is 3.11. The highest BCUT2D eigenvalue weighted by Gasteiger charge is 2.12. The van der Waals surface area contributed by atoms with Gasteiger partial charge in [0.15, 0.2) is 5.58 Å². The van der Waals surface area contributed by atoms with E-state index in [2.05, 4.69) is 48.8 Å². The molecule has 0 bridgehead atoms. The summed E-state index contributed by atoms with van der Waals surface area (Å²) in [5.74, 6) is 1.07. The molecular formula is C21H14BrIN2O3. The van der Waals surface area contributed by atoms with Crippen LogP contribution < -0.4 is 10.1 Å². The lowest BCUT2D eigenvalue weighted by Gasteiger charge is -2.05. The number of fused-ring (bicyclic) bond motifs is 1. The lowest BCUT2D eigenvalue weighted by Crippen LogP contribution is -2.11. The molecule has 0 radical (unpaired) electrons. The standard InChI is InChI=1S/C21H14BrIN2O3/c1-27-18-7-5-13(10-16(18)22)21-25-17-11-15(6-8-19(17)28-21)24-20(26)12-3-2-4-14(23)9-12/h2-11H,1H3,(H,24,26). The van der Waals surface area contributed by atoms with E-state index in [0.717, 1.165) is 19.4 Å². The molecule has 1 aromatic heterocycles. The van der Waals surface area contributed by atoms with Crippen LogP contribution in [-0.2, 0) is 0 Å². The molecule has 7 heteroatoms. The lowest BCUT2D eigenvalue weighted by atomic mass is 10.2. The number of ether oxygens (including phenoxy) is 1. The monoisotopic (exact) mass is 548 g/mol. The molecule has 1 N–H and O–H groups in total. The van der Waals surface area contributed by atoms with Crippen molar-refractivity contribution < 1.29 is 13.9 Å². The van der Waals surface area contributed by atoms with Gasteiger partial charge in [-0.25, -0.2) is 4.98 Å². The Kier molecular flexibility index (Phi) is 5.36. The molecule has 0 aliphatic carbocycles. The van der Waals surface area contributed by atoms with E-state index in [1.54, 1.807) is 31.4 Å². The third-order valence-electron chi connectivity index (χ3n) is 4.13. The van der Waals surface area contributed by atoms with E-state index in [1.807, 2.05) is 36.4 Å². The highest BCUT2D eigenvalue weighted by Crippen LogP contribution is 2.32. The topological polar surface area (TPSA) is 64.4 Å². The van der Waals surface area contributed by atoms with Crippen molar-refractivity contribution in [1.29, 1.82) is 0 Å². The van der Waals surface area contributed by atoms with Crippen LogP contribution in [0.3, 0.4) is 0 Å². The Morgan fingerprint density at radius 3 is 2.75 bits per heavy atom. The number of nitrogens with zero attached hydrogens (tertiary/aromatic N) is 1. The average molecular weight is 549 g/mol. The van der Waals surface area contributed by atoms with Crippen LogP contribution in [0.2, 0.25) is 0 Å². The lowest BCUT2D eigenvalue weighted by molar-refractivity contribution is 0.102. The number of carbonyl (C=O) groups excluding carboxylic acids is 1. The van der Waals surface area contributed by atoms with Gasteiger partial charge in [-0.3, -0.25) is 4.79 Å². The number of hydrogen-bond donors (Lipinski definition) is 1. The Balaban J connectivity index is 1.61. The number of nitrogens with one attached hydrogen (secondary N) is 1. The Bertz CT molecular complexity index is 1190. The predicted octanol–water partition coefficient (Wildman–Crippen LogP) is 6.12. The van der Waals surface area contributed by atoms with Gasteiger partial charge in [0.2, 0.25) is 5.89 Å². The number of halogens is 2. The van der Waals surface area contributed by atoms with E-state index in [1.165, 1.54) is 0 Å². The molecular weight excluding hydrogens is 535 g/mol. The van der Waals surface area contributed by atoms with Gasteiger partial charge >= 0.3 is 0 Å². The highest BCUT2D eigenvalue weighted by atomic mass is 127. The normalized spacial score (nSPS) is 10.8. The molecule has 3 aromatic carbocycles. The van der Waals surface area contributed by atoms with E-state index < -0.39 is 0 Å². The minimum atomic E-state index is -0.166. The SMILES string of the molecule is COc1ccc(-c2nc3cc(NC(=O)c4cccc(I)c4)ccc3o2)cc1Br. The quantitative estimate of drug-likeness (QED) is 0.312. The smallest absolute Gasteiger partial charge is 0.255 e. The first kappa shape index (κ1) is 18.9. The molecule has 0 atom stereocenters. The number of hydrogen-bond acceptors (Lipinski definition) is 4. The Hall–Kier alpha value is -2.39. The van der Waals surface area contributed by atoms with Crippen molar-refractivity contribution in [3.63, 3.8) is 0 Å². The summed E-state index contributed by atoms with van der Waals surface area (Å²) < 4.78 is 12.9. The van der Waals surface area contributed by atoms with Gasteiger partial charge in [0.25, 0.3) is 5.91 Å². The van der Waals surface area contributed by atoms with Crippen LogP contribution in [0.5, 0.6) is 5.75 Å². The van der Waals surface area contributed by atoms with Gasteiger partial charge in [-0.2, -0.15) is 0 Å². The molecule has 28 heavy (non-hydrogen) atoms. The molecule has 1 amide bonds. The number of benzene rings is 3. The van der Waals surface area contributed by atoms with Crippen molar-refractivity contribution in [3.05, 3.63) is 74.3 Å². The molecule has 0 aliphatic rings. The number of oxazole rings is 1. The van der Waals surface area contributed by atoms with Crippen LogP contribution in [0.4, 0.5) is 5.69 Å². The first-order valence-electron chi connectivity index (χ1n) is 8.35. The molecule has 0 saturated heterocycles. The van der Waals surface area contributed by atoms with Gasteiger partial charge in [0.1, 0.15) is 11.3 Å². The summed E-state index contributed by atoms with van der Waals surface area (Å²) in [7, 11) is 1.62. The van der Waals surface area contributed by atoms with E-state index in [4.69, 9.17) is 9.15 Å². The van der Waals surface area contributed by atoms with Gasteiger partial charge in [-0.05, 0) is 93.1 Å². The van der Waals surface area contributed by atoms with Crippen molar-refractivity contribution >= 4 is 61.2 Å². The molecule has 0 saturated carbocycles. The van der Waals surface area contributed by atoms with Gasteiger partial charge in [0, 0.05) is 20.4 Å². The van der Waals surface area contributed by atoms with Gasteiger partial charge < -0.3 is 14.5 Å². The van der Waals surface area contributed by atoms with E-state index >= 15 is 0 Å². The molecule has 0 spiro atoms. The van der Waals surface area contributed by atoms with Crippen LogP contribution in [0, 0.1) is 3.57 Å². The first-order valence-corrected chi connectivity index (χ1v) is 10.2. The van der Waals surface area contributed by atoms with Crippen molar-refractivity contribution in [2.24, 2.45) is 0 Å². The van der Waals surface area contributed by atoms with Gasteiger partial charge in [-0.15, -0.1) is 0 Å². The summed E-state index contributed by atoms with van der Waals surface area (Å²) in [6, 6.07) is 18.4. The Labute approximate surface area is 183 Å². The maximum Gasteiger partial charge on any atom is 0.255 e. The highest BCUT2D eigenvalue weighted by molar-refractivity contribution is 14.1. The first-order chi connectivity index (χ1) is 13.5. The van der Waals surface area contributed by atoms with Crippen LogP contribution in [0.1, 0.15) is 10.4 Å². The molecule has 4 aromatic rings. The maximum absolute atomic E-state index is 12.5. The van der Waals surface area contributed by atoms with Gasteiger partial charge in [-0.1, -0.05) is 6.07 Å². The van der Waals surface area contributed by atoms with Crippen molar-refractivity contribution in [1.82, 2.24) is 4.98 Å². The third-order valence-corrected chi connectivity index (χ3v) is 5.42. The number of amides is 1. The minimum Gasteiger partial charge on any atom is -0.496 e. The number of rotatable bonds is 4. The molecule has 4 rings (SSSR count). The fourth-order valence-corrected chi connectivity index (χ4v) is 3.84. The summed E-state index contributed by atoms with van der Waals surface area (Å²) in [6.07, 6.45) is 0. The second-order valence-electron chi connectivity index (χ2n) is 6.02. The number of anilines is 1. The summed E-state index contributed by atoms with van der Waals surface area (Å²) in [4.78, 5) is 17.0. The number of carbonyl (C=O) groups is 1. The summed E-state index contributed by atoms with van der Waals surface area (Å²) in [5, 5.41) is 2.90. The maximum atomic E-state index is 12.5. The minimum absolute atomic E-state index is 0.166. The second kappa shape index (κ2) is 7.92. The van der Waals surface area contributed by atoms with Crippen LogP contribution in [0.15, 0.2) is 69.6 Å². The van der Waals surface area contributed by atoms with Crippen molar-refractivity contribution in [2.75, 3.05) is 12.4 Å².